The number of Topliss-reactive ketones (excluding diaryl/α,β-unsaturated/α-hetero) is 1. The number of carbonyl (C=O) groups is 2. The Morgan fingerprint density at radius 2 is 1.80 bits per heavy atom. The van der Waals surface area contributed by atoms with Crippen molar-refractivity contribution in [2.45, 2.75) is 58.9 Å². The number of amides is 1. The number of anilines is 1. The Bertz CT molecular complexity index is 1680. The second kappa shape index (κ2) is 10.2. The summed E-state index contributed by atoms with van der Waals surface area (Å²) >= 11 is 1.37. The van der Waals surface area contributed by atoms with E-state index in [0.717, 1.165) is 21.3 Å². The van der Waals surface area contributed by atoms with Crippen LogP contribution < -0.4 is 9.64 Å². The smallest absolute Gasteiger partial charge is 0.301 e. The van der Waals surface area contributed by atoms with E-state index in [2.05, 4.69) is 40.7 Å². The molecule has 206 valence electrons. The topological polar surface area (TPSA) is 79.7 Å². The van der Waals surface area contributed by atoms with Gasteiger partial charge in [0.25, 0.3) is 5.78 Å². The maximum absolute atomic E-state index is 13.7. The van der Waals surface area contributed by atoms with Crippen LogP contribution in [0.4, 0.5) is 5.13 Å². The molecule has 4 aromatic rings. The summed E-state index contributed by atoms with van der Waals surface area (Å²) in [4.78, 5) is 33.7. The van der Waals surface area contributed by atoms with Crippen LogP contribution in [0.3, 0.4) is 0 Å². The molecule has 1 amide bonds. The van der Waals surface area contributed by atoms with Gasteiger partial charge in [-0.05, 0) is 59.2 Å². The van der Waals surface area contributed by atoms with E-state index in [0.29, 0.717) is 27.9 Å². The number of aliphatic hydroxyl groups is 1. The summed E-state index contributed by atoms with van der Waals surface area (Å²) in [6, 6.07) is 18.4. The van der Waals surface area contributed by atoms with Crippen molar-refractivity contribution < 1.29 is 19.4 Å². The van der Waals surface area contributed by atoms with Gasteiger partial charge in [-0.2, -0.15) is 0 Å². The average Bonchev–Trinajstić information content (AvgIpc) is 3.44. The molecule has 2 heterocycles. The van der Waals surface area contributed by atoms with Crippen molar-refractivity contribution >= 4 is 44.1 Å². The number of hydrogen-bond donors (Lipinski definition) is 1. The number of rotatable bonds is 5. The van der Waals surface area contributed by atoms with E-state index in [1.807, 2.05) is 55.5 Å². The predicted molar refractivity (Wildman–Crippen MR) is 161 cm³/mol. The molecule has 0 bridgehead atoms. The first-order chi connectivity index (χ1) is 18.9. The van der Waals surface area contributed by atoms with Crippen LogP contribution in [0.25, 0.3) is 16.0 Å². The number of nitrogens with zero attached hydrogens (tertiary/aromatic N) is 2. The zero-order valence-corrected chi connectivity index (χ0v) is 24.7. The molecule has 1 unspecified atom stereocenters. The molecule has 1 fully saturated rings. The highest BCUT2D eigenvalue weighted by molar-refractivity contribution is 7.22. The highest BCUT2D eigenvalue weighted by Crippen LogP contribution is 2.46. The molecular formula is C33H34N2O4S. The van der Waals surface area contributed by atoms with Gasteiger partial charge in [-0.1, -0.05) is 87.9 Å². The lowest BCUT2D eigenvalue weighted by Crippen LogP contribution is -2.29. The molecule has 6 nitrogen and oxygen atoms in total. The maximum atomic E-state index is 13.7. The lowest BCUT2D eigenvalue weighted by atomic mass is 9.85. The molecule has 40 heavy (non-hydrogen) atoms. The van der Waals surface area contributed by atoms with Crippen molar-refractivity contribution in [1.82, 2.24) is 4.98 Å². The first-order valence-electron chi connectivity index (χ1n) is 13.4. The standard InChI is InChI=1S/C33H34N2O4S/c1-18(2)20-11-13-24-26(16-20)40-32(34-24)35-28(21-10-8-9-19(3)15-21)27(30(37)31(35)38)29(36)23-17-22(33(4,5)6)12-14-25(23)39-7/h8-18,28,36H,1-7H3/b29-27+. The molecular weight excluding hydrogens is 520 g/mol. The van der Waals surface area contributed by atoms with Crippen molar-refractivity contribution in [1.29, 1.82) is 0 Å². The van der Waals surface area contributed by atoms with Gasteiger partial charge in [0.1, 0.15) is 11.5 Å². The Balaban J connectivity index is 1.75. The third-order valence-electron chi connectivity index (χ3n) is 7.40. The second-order valence-corrected chi connectivity index (χ2v) is 12.6. The van der Waals surface area contributed by atoms with Crippen LogP contribution in [0.5, 0.6) is 5.75 Å². The number of fused-ring (bicyclic) bond motifs is 1. The van der Waals surface area contributed by atoms with Crippen molar-refractivity contribution in [2.24, 2.45) is 0 Å². The van der Waals surface area contributed by atoms with E-state index in [1.54, 1.807) is 6.07 Å². The van der Waals surface area contributed by atoms with Crippen LogP contribution in [0.1, 0.15) is 74.4 Å². The van der Waals surface area contributed by atoms with Gasteiger partial charge in [0.05, 0.1) is 34.5 Å². The monoisotopic (exact) mass is 554 g/mol. The number of aliphatic hydroxyl groups excluding tert-OH is 1. The summed E-state index contributed by atoms with van der Waals surface area (Å²) in [6.45, 7) is 12.4. The fraction of sp³-hybridized carbons (Fsp3) is 0.303. The Kier molecular flexibility index (Phi) is 7.04. The van der Waals surface area contributed by atoms with Crippen molar-refractivity contribution in [3.63, 3.8) is 0 Å². The third kappa shape index (κ3) is 4.79. The van der Waals surface area contributed by atoms with E-state index in [9.17, 15) is 14.7 Å². The molecule has 1 N–H and O–H groups in total. The summed E-state index contributed by atoms with van der Waals surface area (Å²) in [6.07, 6.45) is 0. The zero-order chi connectivity index (χ0) is 28.9. The molecule has 1 aliphatic rings. The molecule has 1 aromatic heterocycles. The molecule has 1 aliphatic heterocycles. The number of ketones is 1. The Labute approximate surface area is 238 Å². The molecule has 0 spiro atoms. The summed E-state index contributed by atoms with van der Waals surface area (Å²) in [7, 11) is 1.52. The van der Waals surface area contributed by atoms with Crippen LogP contribution in [-0.4, -0.2) is 28.9 Å². The van der Waals surface area contributed by atoms with Crippen LogP contribution in [0.2, 0.25) is 0 Å². The fourth-order valence-corrected chi connectivity index (χ4v) is 6.12. The average molecular weight is 555 g/mol. The molecule has 0 aliphatic carbocycles. The van der Waals surface area contributed by atoms with Crippen LogP contribution in [-0.2, 0) is 15.0 Å². The largest absolute Gasteiger partial charge is 0.507 e. The summed E-state index contributed by atoms with van der Waals surface area (Å²) in [5, 5.41) is 12.2. The van der Waals surface area contributed by atoms with Gasteiger partial charge in [-0.15, -0.1) is 0 Å². The first kappa shape index (κ1) is 27.6. The van der Waals surface area contributed by atoms with E-state index in [-0.39, 0.29) is 16.7 Å². The van der Waals surface area contributed by atoms with Gasteiger partial charge in [-0.25, -0.2) is 4.98 Å². The molecule has 1 atom stereocenters. The number of benzene rings is 3. The van der Waals surface area contributed by atoms with E-state index in [1.165, 1.54) is 28.9 Å². The highest BCUT2D eigenvalue weighted by Gasteiger charge is 2.48. The maximum Gasteiger partial charge on any atom is 0.301 e. The lowest BCUT2D eigenvalue weighted by Gasteiger charge is -2.24. The van der Waals surface area contributed by atoms with E-state index in [4.69, 9.17) is 9.72 Å². The highest BCUT2D eigenvalue weighted by atomic mass is 32.1. The number of hydrogen-bond acceptors (Lipinski definition) is 6. The predicted octanol–water partition coefficient (Wildman–Crippen LogP) is 7.66. The van der Waals surface area contributed by atoms with Crippen LogP contribution in [0, 0.1) is 6.92 Å². The number of aromatic nitrogens is 1. The number of aryl methyl sites for hydroxylation is 1. The van der Waals surface area contributed by atoms with Crippen LogP contribution >= 0.6 is 11.3 Å². The Morgan fingerprint density at radius 3 is 2.45 bits per heavy atom. The summed E-state index contributed by atoms with van der Waals surface area (Å²) in [5.41, 5.74) is 4.76. The van der Waals surface area contributed by atoms with Crippen molar-refractivity contribution in [3.8, 4) is 5.75 Å². The minimum Gasteiger partial charge on any atom is -0.507 e. The van der Waals surface area contributed by atoms with Gasteiger partial charge in [0.2, 0.25) is 0 Å². The van der Waals surface area contributed by atoms with Crippen molar-refractivity contribution in [3.05, 3.63) is 94.1 Å². The molecule has 7 heteroatoms. The molecule has 0 radical (unpaired) electrons. The van der Waals surface area contributed by atoms with E-state index >= 15 is 0 Å². The Hall–Kier alpha value is -3.97. The normalized spacial score (nSPS) is 17.3. The second-order valence-electron chi connectivity index (χ2n) is 11.6. The van der Waals surface area contributed by atoms with Gasteiger partial charge in [0.15, 0.2) is 5.13 Å². The number of carbonyl (C=O) groups excluding carboxylic acids is 2. The van der Waals surface area contributed by atoms with Gasteiger partial charge >= 0.3 is 5.91 Å². The van der Waals surface area contributed by atoms with Gasteiger partial charge < -0.3 is 9.84 Å². The SMILES string of the molecule is COc1ccc(C(C)(C)C)cc1/C(O)=C1\C(=O)C(=O)N(c2nc3ccc(C(C)C)cc3s2)C1c1cccc(C)c1. The summed E-state index contributed by atoms with van der Waals surface area (Å²) in [5.74, 6) is -0.980. The van der Waals surface area contributed by atoms with Crippen molar-refractivity contribution in [2.75, 3.05) is 12.0 Å². The molecule has 1 saturated heterocycles. The van der Waals surface area contributed by atoms with Gasteiger partial charge in [-0.3, -0.25) is 14.5 Å². The first-order valence-corrected chi connectivity index (χ1v) is 14.2. The minimum atomic E-state index is -0.854. The number of thiazole rings is 1. The third-order valence-corrected chi connectivity index (χ3v) is 8.41. The zero-order valence-electron chi connectivity index (χ0n) is 23.9. The minimum absolute atomic E-state index is 0.0158. The lowest BCUT2D eigenvalue weighted by molar-refractivity contribution is -0.132. The summed E-state index contributed by atoms with van der Waals surface area (Å²) < 4.78 is 6.52. The van der Waals surface area contributed by atoms with Gasteiger partial charge in [0, 0.05) is 0 Å². The number of ether oxygens (including phenoxy) is 1. The van der Waals surface area contributed by atoms with Crippen LogP contribution in [0.15, 0.2) is 66.2 Å². The molecule has 0 saturated carbocycles. The Morgan fingerprint density at radius 1 is 1.05 bits per heavy atom. The quantitative estimate of drug-likeness (QED) is 0.156. The van der Waals surface area contributed by atoms with E-state index < -0.39 is 17.7 Å². The molecule has 3 aromatic carbocycles. The number of methoxy groups -OCH3 is 1. The fourth-order valence-electron chi connectivity index (χ4n) is 5.08. The molecule has 5 rings (SSSR count).